The largest absolute Gasteiger partial charge is 0.457 e. The first-order valence-corrected chi connectivity index (χ1v) is 16.5. The first kappa shape index (κ1) is 34.0. The minimum atomic E-state index is -0.712. The molecule has 2 aliphatic rings. The minimum Gasteiger partial charge on any atom is -0.457 e. The van der Waals surface area contributed by atoms with E-state index in [-0.39, 0.29) is 24.9 Å². The monoisotopic (exact) mass is 641 g/mol. The standard InChI is InChI=1S/C38H47N3O6/c1-37(2,3)47-36(44)41-24-28(34(42)39-23-27-14-6-5-7-15-27)22-29(25-41)35(43)40-26-38(20-12-13-21-45-4)30-16-8-10-18-32(30)46-33-19-11-9-17-31(33)38/h5-11,14-19,28-29H,12-13,20-26H2,1-4H3,(H,39,42)(H,40,43). The summed E-state index contributed by atoms with van der Waals surface area (Å²) in [4.78, 5) is 42.3. The van der Waals surface area contributed by atoms with Crippen molar-refractivity contribution in [3.8, 4) is 11.5 Å². The summed E-state index contributed by atoms with van der Waals surface area (Å²) in [5.74, 6) is -0.00579. The highest BCUT2D eigenvalue weighted by Gasteiger charge is 2.43. The molecule has 1 saturated heterocycles. The number of ether oxygens (including phenoxy) is 3. The number of benzene rings is 3. The van der Waals surface area contributed by atoms with E-state index in [1.165, 1.54) is 4.90 Å². The Labute approximate surface area is 278 Å². The molecule has 3 amide bonds. The number of likely N-dealkylation sites (tertiary alicyclic amines) is 1. The fourth-order valence-electron chi connectivity index (χ4n) is 6.65. The summed E-state index contributed by atoms with van der Waals surface area (Å²) in [5.41, 5.74) is 1.77. The van der Waals surface area contributed by atoms with Crippen molar-refractivity contribution < 1.29 is 28.6 Å². The van der Waals surface area contributed by atoms with Gasteiger partial charge in [-0.15, -0.1) is 0 Å². The number of hydrogen-bond donors (Lipinski definition) is 2. The first-order valence-electron chi connectivity index (χ1n) is 16.5. The lowest BCUT2D eigenvalue weighted by atomic mass is 9.69. The SMILES string of the molecule is COCCCCC1(CNC(=O)C2CC(C(=O)NCc3ccccc3)CN(C(=O)OC(C)(C)C)C2)c2ccccc2Oc2ccccc21. The molecule has 3 aromatic rings. The van der Waals surface area contributed by atoms with Gasteiger partial charge < -0.3 is 29.7 Å². The molecule has 0 aliphatic carbocycles. The number of para-hydroxylation sites is 2. The second-order valence-corrected chi connectivity index (χ2v) is 13.6. The number of hydrogen-bond acceptors (Lipinski definition) is 6. The normalized spacial score (nSPS) is 18.3. The van der Waals surface area contributed by atoms with Crippen molar-refractivity contribution >= 4 is 17.9 Å². The summed E-state index contributed by atoms with van der Waals surface area (Å²) in [6.07, 6.45) is 2.32. The Bertz CT molecular complexity index is 1490. The van der Waals surface area contributed by atoms with E-state index in [1.807, 2.05) is 66.7 Å². The van der Waals surface area contributed by atoms with Crippen LogP contribution in [0.15, 0.2) is 78.9 Å². The van der Waals surface area contributed by atoms with Gasteiger partial charge in [0.15, 0.2) is 0 Å². The van der Waals surface area contributed by atoms with E-state index in [0.717, 1.165) is 47.5 Å². The quantitative estimate of drug-likeness (QED) is 0.242. The average Bonchev–Trinajstić information content (AvgIpc) is 3.07. The predicted octanol–water partition coefficient (Wildman–Crippen LogP) is 6.20. The van der Waals surface area contributed by atoms with Crippen LogP contribution in [0.4, 0.5) is 4.79 Å². The van der Waals surface area contributed by atoms with Crippen LogP contribution in [0.3, 0.4) is 0 Å². The molecule has 2 heterocycles. The fourth-order valence-corrected chi connectivity index (χ4v) is 6.65. The number of unbranched alkanes of at least 4 members (excludes halogenated alkanes) is 1. The average molecular weight is 642 g/mol. The van der Waals surface area contributed by atoms with Gasteiger partial charge in [-0.25, -0.2) is 4.79 Å². The van der Waals surface area contributed by atoms with Gasteiger partial charge in [-0.05, 0) is 64.2 Å². The summed E-state index contributed by atoms with van der Waals surface area (Å²) < 4.78 is 17.3. The van der Waals surface area contributed by atoms with E-state index in [9.17, 15) is 14.4 Å². The molecule has 2 unspecified atom stereocenters. The van der Waals surface area contributed by atoms with Crippen molar-refractivity contribution in [1.82, 2.24) is 15.5 Å². The first-order chi connectivity index (χ1) is 22.6. The molecule has 0 radical (unpaired) electrons. The van der Waals surface area contributed by atoms with Gasteiger partial charge in [0.2, 0.25) is 11.8 Å². The van der Waals surface area contributed by atoms with Gasteiger partial charge in [0.1, 0.15) is 17.1 Å². The zero-order chi connectivity index (χ0) is 33.4. The Balaban J connectivity index is 1.38. The van der Waals surface area contributed by atoms with E-state index in [0.29, 0.717) is 26.1 Å². The smallest absolute Gasteiger partial charge is 0.410 e. The third kappa shape index (κ3) is 8.32. The Morgan fingerprint density at radius 1 is 0.830 bits per heavy atom. The zero-order valence-electron chi connectivity index (χ0n) is 27.9. The van der Waals surface area contributed by atoms with Gasteiger partial charge in [-0.2, -0.15) is 0 Å². The van der Waals surface area contributed by atoms with Crippen LogP contribution in [0.5, 0.6) is 11.5 Å². The lowest BCUT2D eigenvalue weighted by molar-refractivity contribution is -0.131. The number of nitrogens with one attached hydrogen (secondary N) is 2. The summed E-state index contributed by atoms with van der Waals surface area (Å²) in [5, 5.41) is 6.28. The molecule has 250 valence electrons. The van der Waals surface area contributed by atoms with Crippen molar-refractivity contribution in [2.75, 3.05) is 33.4 Å². The fraction of sp³-hybridized carbons (Fsp3) is 0.447. The van der Waals surface area contributed by atoms with Crippen molar-refractivity contribution in [3.05, 3.63) is 95.6 Å². The third-order valence-electron chi connectivity index (χ3n) is 8.95. The molecular weight excluding hydrogens is 594 g/mol. The van der Waals surface area contributed by atoms with Crippen LogP contribution in [-0.4, -0.2) is 61.8 Å². The van der Waals surface area contributed by atoms with E-state index < -0.39 is 28.9 Å². The van der Waals surface area contributed by atoms with E-state index in [2.05, 4.69) is 22.8 Å². The molecule has 0 bridgehead atoms. The summed E-state index contributed by atoms with van der Waals surface area (Å²) in [6, 6.07) is 25.7. The van der Waals surface area contributed by atoms with Crippen molar-refractivity contribution in [3.63, 3.8) is 0 Å². The highest BCUT2D eigenvalue weighted by atomic mass is 16.6. The van der Waals surface area contributed by atoms with Crippen LogP contribution >= 0.6 is 0 Å². The van der Waals surface area contributed by atoms with Crippen molar-refractivity contribution in [1.29, 1.82) is 0 Å². The lowest BCUT2D eigenvalue weighted by Gasteiger charge is -2.41. The predicted molar refractivity (Wildman–Crippen MR) is 180 cm³/mol. The van der Waals surface area contributed by atoms with Gasteiger partial charge in [0.25, 0.3) is 0 Å². The molecule has 2 N–H and O–H groups in total. The summed E-state index contributed by atoms with van der Waals surface area (Å²) in [7, 11) is 1.70. The molecule has 1 fully saturated rings. The van der Waals surface area contributed by atoms with Crippen LogP contribution in [0.25, 0.3) is 0 Å². The molecule has 0 saturated carbocycles. The number of carbonyl (C=O) groups is 3. The van der Waals surface area contributed by atoms with Crippen LogP contribution in [0, 0.1) is 11.8 Å². The van der Waals surface area contributed by atoms with E-state index in [1.54, 1.807) is 27.9 Å². The zero-order valence-corrected chi connectivity index (χ0v) is 27.9. The van der Waals surface area contributed by atoms with Gasteiger partial charge in [0.05, 0.1) is 11.8 Å². The van der Waals surface area contributed by atoms with Gasteiger partial charge in [-0.3, -0.25) is 9.59 Å². The van der Waals surface area contributed by atoms with Gasteiger partial charge >= 0.3 is 6.09 Å². The summed E-state index contributed by atoms with van der Waals surface area (Å²) in [6.45, 7) is 7.12. The molecule has 5 rings (SSSR count). The van der Waals surface area contributed by atoms with Crippen molar-refractivity contribution in [2.45, 2.75) is 64.0 Å². The molecule has 9 nitrogen and oxygen atoms in total. The number of rotatable bonds is 11. The Kier molecular flexibility index (Phi) is 10.9. The molecule has 3 aromatic carbocycles. The second kappa shape index (κ2) is 15.0. The minimum absolute atomic E-state index is 0.167. The highest BCUT2D eigenvalue weighted by Crippen LogP contribution is 2.50. The number of piperidine rings is 1. The Morgan fingerprint density at radius 3 is 2.00 bits per heavy atom. The number of carbonyl (C=O) groups excluding carboxylic acids is 3. The van der Waals surface area contributed by atoms with Crippen LogP contribution in [0.2, 0.25) is 0 Å². The maximum Gasteiger partial charge on any atom is 0.410 e. The van der Waals surface area contributed by atoms with Gasteiger partial charge in [-0.1, -0.05) is 66.7 Å². The molecule has 2 atom stereocenters. The lowest BCUT2D eigenvalue weighted by Crippen LogP contribution is -2.54. The maximum absolute atomic E-state index is 14.1. The number of fused-ring (bicyclic) bond motifs is 2. The van der Waals surface area contributed by atoms with Gasteiger partial charge in [0, 0.05) is 56.4 Å². The topological polar surface area (TPSA) is 106 Å². The van der Waals surface area contributed by atoms with Crippen LogP contribution in [-0.2, 0) is 31.0 Å². The van der Waals surface area contributed by atoms with E-state index >= 15 is 0 Å². The number of methoxy groups -OCH3 is 1. The number of amides is 3. The highest BCUT2D eigenvalue weighted by molar-refractivity contribution is 5.84. The second-order valence-electron chi connectivity index (χ2n) is 13.6. The molecule has 9 heteroatoms. The third-order valence-corrected chi connectivity index (χ3v) is 8.95. The van der Waals surface area contributed by atoms with Crippen molar-refractivity contribution in [2.24, 2.45) is 11.8 Å². The van der Waals surface area contributed by atoms with Crippen LogP contribution < -0.4 is 15.4 Å². The Hall–Kier alpha value is -4.37. The van der Waals surface area contributed by atoms with E-state index in [4.69, 9.17) is 14.2 Å². The molecule has 47 heavy (non-hydrogen) atoms. The number of nitrogens with zero attached hydrogens (tertiary/aromatic N) is 1. The van der Waals surface area contributed by atoms with Crippen LogP contribution in [0.1, 0.15) is 63.1 Å². The molecule has 0 spiro atoms. The maximum atomic E-state index is 14.1. The molecular formula is C38H47N3O6. The Morgan fingerprint density at radius 2 is 1.40 bits per heavy atom. The molecule has 0 aromatic heterocycles. The molecule has 2 aliphatic heterocycles. The summed E-state index contributed by atoms with van der Waals surface area (Å²) >= 11 is 0.